The zero-order chi connectivity index (χ0) is 21.0. The minimum atomic E-state index is -0.623. The van der Waals surface area contributed by atoms with Crippen LogP contribution in [0.3, 0.4) is 0 Å². The lowest BCUT2D eigenvalue weighted by molar-refractivity contribution is 0.0468. The number of ether oxygens (including phenoxy) is 2. The number of aromatic nitrogens is 3. The molecule has 3 rings (SSSR count). The third-order valence-electron chi connectivity index (χ3n) is 4.67. The molecule has 29 heavy (non-hydrogen) atoms. The Balaban J connectivity index is 1.64. The van der Waals surface area contributed by atoms with E-state index in [9.17, 15) is 9.59 Å². The minimum Gasteiger partial charge on any atom is -0.453 e. The second kappa shape index (κ2) is 9.19. The molecule has 152 valence electrons. The molecule has 0 saturated carbocycles. The number of aryl methyl sites for hydroxylation is 1. The Morgan fingerprint density at radius 3 is 2.59 bits per heavy atom. The van der Waals surface area contributed by atoms with Crippen LogP contribution in [0.4, 0.5) is 0 Å². The number of esters is 1. The Morgan fingerprint density at radius 2 is 1.90 bits per heavy atom. The van der Waals surface area contributed by atoms with Gasteiger partial charge in [0.2, 0.25) is 5.78 Å². The van der Waals surface area contributed by atoms with Crippen LogP contribution >= 0.6 is 15.9 Å². The minimum absolute atomic E-state index is 0.196. The van der Waals surface area contributed by atoms with Crippen LogP contribution in [0.1, 0.15) is 32.2 Å². The lowest BCUT2D eigenvalue weighted by Gasteiger charge is -2.08. The predicted molar refractivity (Wildman–Crippen MR) is 112 cm³/mol. The first kappa shape index (κ1) is 21.0. The van der Waals surface area contributed by atoms with Crippen LogP contribution in [0.15, 0.2) is 40.9 Å². The molecule has 8 heteroatoms. The highest BCUT2D eigenvalue weighted by Crippen LogP contribution is 2.21. The zero-order valence-corrected chi connectivity index (χ0v) is 18.1. The van der Waals surface area contributed by atoms with E-state index in [1.165, 1.54) is 0 Å². The van der Waals surface area contributed by atoms with Crippen molar-refractivity contribution in [1.82, 2.24) is 14.8 Å². The number of carbonyl (C=O) groups excluding carboxylic acids is 2. The van der Waals surface area contributed by atoms with Crippen molar-refractivity contribution >= 4 is 27.7 Å². The maximum absolute atomic E-state index is 12.5. The summed E-state index contributed by atoms with van der Waals surface area (Å²) in [4.78, 5) is 24.8. The average Bonchev–Trinajstić information content (AvgIpc) is 3.30. The third kappa shape index (κ3) is 4.83. The number of halogens is 1. The number of Topliss-reactive ketones (excluding diaryl/α,β-unsaturated/α-hetero) is 1. The van der Waals surface area contributed by atoms with Crippen molar-refractivity contribution in [3.05, 3.63) is 63.5 Å². The summed E-state index contributed by atoms with van der Waals surface area (Å²) in [6, 6.07) is 11.0. The van der Waals surface area contributed by atoms with Crippen molar-refractivity contribution in [2.75, 3.05) is 20.3 Å². The Bertz CT molecular complexity index is 1020. The molecule has 0 unspecified atom stereocenters. The van der Waals surface area contributed by atoms with Crippen LogP contribution in [0.2, 0.25) is 0 Å². The molecule has 0 bridgehead atoms. The number of methoxy groups -OCH3 is 1. The monoisotopic (exact) mass is 459 g/mol. The van der Waals surface area contributed by atoms with Crippen LogP contribution < -0.4 is 0 Å². The van der Waals surface area contributed by atoms with Crippen LogP contribution in [-0.4, -0.2) is 46.8 Å². The molecule has 0 radical (unpaired) electrons. The van der Waals surface area contributed by atoms with E-state index >= 15 is 0 Å². The van der Waals surface area contributed by atoms with Crippen LogP contribution in [0.5, 0.6) is 0 Å². The Hall–Kier alpha value is -2.71. The van der Waals surface area contributed by atoms with Gasteiger partial charge in [0.1, 0.15) is 5.69 Å². The normalized spacial score (nSPS) is 10.9. The quantitative estimate of drug-likeness (QED) is 0.407. The smallest absolute Gasteiger partial charge is 0.356 e. The summed E-state index contributed by atoms with van der Waals surface area (Å²) in [7, 11) is 1.64. The van der Waals surface area contributed by atoms with E-state index in [0.29, 0.717) is 24.4 Å². The summed E-state index contributed by atoms with van der Waals surface area (Å²) < 4.78 is 13.3. The Kier molecular flexibility index (Phi) is 6.66. The third-order valence-corrected chi connectivity index (χ3v) is 5.19. The maximum Gasteiger partial charge on any atom is 0.356 e. The van der Waals surface area contributed by atoms with Gasteiger partial charge in [-0.15, -0.1) is 0 Å². The number of benzene rings is 1. The molecule has 0 aliphatic heterocycles. The van der Waals surface area contributed by atoms with E-state index < -0.39 is 5.97 Å². The van der Waals surface area contributed by atoms with E-state index in [1.807, 2.05) is 48.7 Å². The fourth-order valence-corrected chi connectivity index (χ4v) is 3.36. The van der Waals surface area contributed by atoms with Crippen molar-refractivity contribution in [3.63, 3.8) is 0 Å². The molecule has 1 N–H and O–H groups in total. The summed E-state index contributed by atoms with van der Waals surface area (Å²) in [5.41, 5.74) is 4.02. The van der Waals surface area contributed by atoms with Gasteiger partial charge in [0.05, 0.1) is 12.3 Å². The highest BCUT2D eigenvalue weighted by Gasteiger charge is 2.19. The fraction of sp³-hybridized carbons (Fsp3) is 0.286. The van der Waals surface area contributed by atoms with Gasteiger partial charge in [0.25, 0.3) is 0 Å². The topological polar surface area (TPSA) is 86.2 Å². The molecule has 0 amide bonds. The molecular formula is C21H22BrN3O4. The number of carbonyl (C=O) groups is 2. The van der Waals surface area contributed by atoms with Crippen LogP contribution in [0.25, 0.3) is 11.3 Å². The SMILES string of the molecule is COCCn1c(C)cc(C(=O)COC(=O)c2cc(-c3ccc(Br)cc3)n[nH]2)c1C. The first-order valence-electron chi connectivity index (χ1n) is 9.08. The van der Waals surface area contributed by atoms with Crippen molar-refractivity contribution in [2.45, 2.75) is 20.4 Å². The number of rotatable bonds is 8. The van der Waals surface area contributed by atoms with Crippen molar-refractivity contribution < 1.29 is 19.1 Å². The van der Waals surface area contributed by atoms with Gasteiger partial charge in [0, 0.05) is 40.6 Å². The van der Waals surface area contributed by atoms with Crippen molar-refractivity contribution in [1.29, 1.82) is 0 Å². The fourth-order valence-electron chi connectivity index (χ4n) is 3.09. The highest BCUT2D eigenvalue weighted by atomic mass is 79.9. The molecule has 0 fully saturated rings. The zero-order valence-electron chi connectivity index (χ0n) is 16.5. The predicted octanol–water partition coefficient (Wildman–Crippen LogP) is 3.94. The van der Waals surface area contributed by atoms with E-state index in [4.69, 9.17) is 9.47 Å². The summed E-state index contributed by atoms with van der Waals surface area (Å²) in [6.45, 7) is 4.69. The number of nitrogens with zero attached hydrogens (tertiary/aromatic N) is 2. The summed E-state index contributed by atoms with van der Waals surface area (Å²) in [5, 5.41) is 6.80. The molecular weight excluding hydrogens is 438 g/mol. The van der Waals surface area contributed by atoms with Gasteiger partial charge in [-0.05, 0) is 38.1 Å². The maximum atomic E-state index is 12.5. The van der Waals surface area contributed by atoms with Gasteiger partial charge >= 0.3 is 5.97 Å². The first-order valence-corrected chi connectivity index (χ1v) is 9.87. The van der Waals surface area contributed by atoms with Gasteiger partial charge in [0.15, 0.2) is 6.61 Å². The van der Waals surface area contributed by atoms with E-state index in [2.05, 4.69) is 26.1 Å². The number of hydrogen-bond acceptors (Lipinski definition) is 5. The van der Waals surface area contributed by atoms with Gasteiger partial charge in [-0.1, -0.05) is 28.1 Å². The lowest BCUT2D eigenvalue weighted by atomic mass is 10.1. The van der Waals surface area contributed by atoms with Gasteiger partial charge in [-0.25, -0.2) is 4.79 Å². The molecule has 0 spiro atoms. The molecule has 3 aromatic rings. The second-order valence-corrected chi connectivity index (χ2v) is 7.52. The molecule has 7 nitrogen and oxygen atoms in total. The molecule has 0 atom stereocenters. The largest absolute Gasteiger partial charge is 0.453 e. The van der Waals surface area contributed by atoms with Crippen molar-refractivity contribution in [3.8, 4) is 11.3 Å². The van der Waals surface area contributed by atoms with Gasteiger partial charge in [-0.2, -0.15) is 5.10 Å². The molecule has 0 aliphatic rings. The Morgan fingerprint density at radius 1 is 1.17 bits per heavy atom. The summed E-state index contributed by atoms with van der Waals surface area (Å²) >= 11 is 3.38. The number of hydrogen-bond donors (Lipinski definition) is 1. The lowest BCUT2D eigenvalue weighted by Crippen LogP contribution is -2.15. The van der Waals surface area contributed by atoms with Crippen LogP contribution in [-0.2, 0) is 16.0 Å². The van der Waals surface area contributed by atoms with E-state index in [-0.39, 0.29) is 18.1 Å². The van der Waals surface area contributed by atoms with Gasteiger partial charge in [-0.3, -0.25) is 9.89 Å². The number of ketones is 1. The van der Waals surface area contributed by atoms with Crippen molar-refractivity contribution in [2.24, 2.45) is 0 Å². The van der Waals surface area contributed by atoms with Crippen LogP contribution in [0, 0.1) is 13.8 Å². The van der Waals surface area contributed by atoms with E-state index in [0.717, 1.165) is 21.4 Å². The van der Waals surface area contributed by atoms with E-state index in [1.54, 1.807) is 13.2 Å². The van der Waals surface area contributed by atoms with Gasteiger partial charge < -0.3 is 14.0 Å². The molecule has 1 aromatic carbocycles. The number of H-pyrrole nitrogens is 1. The standard InChI is InChI=1S/C21H22BrN3O4/c1-13-10-17(14(2)25(13)8-9-28-3)20(26)12-29-21(27)19-11-18(23-24-19)15-4-6-16(22)7-5-15/h4-7,10-11H,8-9,12H2,1-3H3,(H,23,24). The second-order valence-electron chi connectivity index (χ2n) is 6.60. The molecule has 2 aromatic heterocycles. The number of nitrogens with one attached hydrogen (secondary N) is 1. The highest BCUT2D eigenvalue weighted by molar-refractivity contribution is 9.10. The number of aromatic amines is 1. The summed E-state index contributed by atoms with van der Waals surface area (Å²) in [6.07, 6.45) is 0. The average molecular weight is 460 g/mol. The molecule has 2 heterocycles. The molecule has 0 aliphatic carbocycles. The Labute approximate surface area is 177 Å². The molecule has 0 saturated heterocycles. The first-order chi connectivity index (χ1) is 13.9. The summed E-state index contributed by atoms with van der Waals surface area (Å²) in [5.74, 6) is -0.870.